The molecule has 0 aromatic heterocycles. The van der Waals surface area contributed by atoms with Crippen LogP contribution in [0.4, 0.5) is 0 Å². The summed E-state index contributed by atoms with van der Waals surface area (Å²) >= 11 is 46.5. The maximum Gasteiger partial charge on any atom is 0.208 e. The molecule has 0 aliphatic rings. The average molecular weight is 712 g/mol. The predicted octanol–water partition coefficient (Wildman–Crippen LogP) is 10.3. The fraction of sp³-hybridized carbons (Fsp3) is 0. The smallest absolute Gasteiger partial charge is 0.208 e. The maximum atomic E-state index is 12.4. The molecule has 0 saturated carbocycles. The highest BCUT2D eigenvalue weighted by molar-refractivity contribution is 7.92. The number of hydrogen-bond donors (Lipinski definition) is 0. The molecule has 0 heterocycles. The summed E-state index contributed by atoms with van der Waals surface area (Å²) in [6, 6.07) is 16.6. The minimum Gasteiger partial charge on any atom is -0.218 e. The molecule has 0 aliphatic carbocycles. The lowest BCUT2D eigenvalue weighted by Crippen LogP contribution is -2.02. The summed E-state index contributed by atoms with van der Waals surface area (Å²) in [5.74, 6) is 0. The van der Waals surface area contributed by atoms with Gasteiger partial charge in [-0.05, 0) is 72.8 Å². The van der Waals surface area contributed by atoms with Gasteiger partial charge < -0.3 is 0 Å². The van der Waals surface area contributed by atoms with Crippen LogP contribution in [0.2, 0.25) is 40.2 Å². The Hall–Kier alpha value is -0.900. The molecule has 0 N–H and O–H groups in total. The molecule has 4 aromatic carbocycles. The molecule has 0 aliphatic heterocycles. The summed E-state index contributed by atoms with van der Waals surface area (Å²) < 4.78 is 49.6. The van der Waals surface area contributed by atoms with Crippen LogP contribution >= 0.6 is 92.8 Å². The minimum absolute atomic E-state index is 0.0179. The first kappa shape index (κ1) is 31.6. The SMILES string of the molecule is O=S(=O)(c1ccc(Cl)cc1)c1cc(Cl)c(Cl)cc1Cl.O=S(=O)(c1ccc(Cl)cc1)c1cc(Cl)c(Cl)cc1Cl. The monoisotopic (exact) mass is 708 g/mol. The zero-order valence-corrected chi connectivity index (χ0v) is 26.1. The van der Waals surface area contributed by atoms with E-state index in [1.165, 1.54) is 72.8 Å². The van der Waals surface area contributed by atoms with E-state index in [1.807, 2.05) is 0 Å². The Morgan fingerprint density at radius 3 is 0.921 bits per heavy atom. The molecule has 0 fully saturated rings. The van der Waals surface area contributed by atoms with Gasteiger partial charge >= 0.3 is 0 Å². The third-order valence-corrected chi connectivity index (χ3v) is 11.2. The normalized spacial score (nSPS) is 11.6. The molecule has 4 aromatic rings. The predicted molar refractivity (Wildman–Crippen MR) is 157 cm³/mol. The van der Waals surface area contributed by atoms with Gasteiger partial charge in [0, 0.05) is 10.0 Å². The van der Waals surface area contributed by atoms with E-state index in [-0.39, 0.29) is 49.7 Å². The third-order valence-electron chi connectivity index (χ3n) is 4.78. The van der Waals surface area contributed by atoms with Crippen molar-refractivity contribution in [2.45, 2.75) is 19.6 Å². The summed E-state index contributed by atoms with van der Waals surface area (Å²) in [6.45, 7) is 0. The van der Waals surface area contributed by atoms with E-state index in [9.17, 15) is 16.8 Å². The molecule has 0 spiro atoms. The van der Waals surface area contributed by atoms with Crippen molar-refractivity contribution in [2.75, 3.05) is 0 Å². The van der Waals surface area contributed by atoms with Gasteiger partial charge in [-0.2, -0.15) is 0 Å². The summed E-state index contributed by atoms with van der Waals surface area (Å²) in [5.41, 5.74) is 0. The molecule has 0 saturated heterocycles. The van der Waals surface area contributed by atoms with Crippen molar-refractivity contribution in [3.8, 4) is 0 Å². The Morgan fingerprint density at radius 1 is 0.368 bits per heavy atom. The molecule has 4 nitrogen and oxygen atoms in total. The van der Waals surface area contributed by atoms with E-state index in [4.69, 9.17) is 92.8 Å². The quantitative estimate of drug-likeness (QED) is 0.198. The molecule has 0 atom stereocenters. The van der Waals surface area contributed by atoms with Crippen LogP contribution in [0.3, 0.4) is 0 Å². The minimum atomic E-state index is -3.76. The first-order chi connectivity index (χ1) is 17.6. The number of sulfone groups is 2. The second-order valence-electron chi connectivity index (χ2n) is 7.31. The Kier molecular flexibility index (Phi) is 10.6. The molecule has 0 radical (unpaired) electrons. The van der Waals surface area contributed by atoms with Crippen LogP contribution in [0.5, 0.6) is 0 Å². The van der Waals surface area contributed by atoms with Gasteiger partial charge in [0.2, 0.25) is 19.7 Å². The van der Waals surface area contributed by atoms with Gasteiger partial charge in [-0.25, -0.2) is 16.8 Å². The topological polar surface area (TPSA) is 68.3 Å². The lowest BCUT2D eigenvalue weighted by Gasteiger charge is -2.08. The van der Waals surface area contributed by atoms with Gasteiger partial charge in [-0.15, -0.1) is 0 Å². The van der Waals surface area contributed by atoms with Crippen LogP contribution in [0.25, 0.3) is 0 Å². The van der Waals surface area contributed by atoms with Crippen molar-refractivity contribution < 1.29 is 16.8 Å². The van der Waals surface area contributed by atoms with Gasteiger partial charge in [0.05, 0.1) is 49.7 Å². The van der Waals surface area contributed by atoms with Crippen LogP contribution in [-0.2, 0) is 19.7 Å². The van der Waals surface area contributed by atoms with E-state index in [2.05, 4.69) is 0 Å². The van der Waals surface area contributed by atoms with Crippen molar-refractivity contribution in [3.05, 3.63) is 113 Å². The molecular formula is C24H12Cl8O4S2. The molecule has 200 valence electrons. The maximum absolute atomic E-state index is 12.4. The lowest BCUT2D eigenvalue weighted by molar-refractivity contribution is 0.594. The summed E-state index contributed by atoms with van der Waals surface area (Å²) in [4.78, 5) is -0.0221. The number of hydrogen-bond acceptors (Lipinski definition) is 4. The van der Waals surface area contributed by atoms with E-state index in [0.29, 0.717) is 10.0 Å². The largest absolute Gasteiger partial charge is 0.218 e. The van der Waals surface area contributed by atoms with Crippen molar-refractivity contribution in [1.29, 1.82) is 0 Å². The molecule has 38 heavy (non-hydrogen) atoms. The Bertz CT molecular complexity index is 1580. The standard InChI is InChI=1S/2C12H6Cl4O2S/c2*13-7-1-3-8(4-2-7)19(17,18)12-6-10(15)9(14)5-11(12)16/h2*1-6H. The average Bonchev–Trinajstić information content (AvgIpc) is 2.84. The van der Waals surface area contributed by atoms with Gasteiger partial charge in [-0.1, -0.05) is 92.8 Å². The first-order valence-corrected chi connectivity index (χ1v) is 15.9. The van der Waals surface area contributed by atoms with Gasteiger partial charge in [-0.3, -0.25) is 0 Å². The molecule has 0 bridgehead atoms. The number of halogens is 8. The van der Waals surface area contributed by atoms with Crippen molar-refractivity contribution in [2.24, 2.45) is 0 Å². The Labute approximate surface area is 259 Å². The van der Waals surface area contributed by atoms with E-state index >= 15 is 0 Å². The third kappa shape index (κ3) is 7.24. The molecular weight excluding hydrogens is 700 g/mol. The van der Waals surface area contributed by atoms with Crippen LogP contribution < -0.4 is 0 Å². The second kappa shape index (κ2) is 12.7. The fourth-order valence-electron chi connectivity index (χ4n) is 2.90. The van der Waals surface area contributed by atoms with Crippen molar-refractivity contribution >= 4 is 112 Å². The van der Waals surface area contributed by atoms with E-state index in [1.54, 1.807) is 0 Å². The van der Waals surface area contributed by atoms with Crippen LogP contribution in [0.1, 0.15) is 0 Å². The highest BCUT2D eigenvalue weighted by Gasteiger charge is 2.23. The van der Waals surface area contributed by atoms with Crippen molar-refractivity contribution in [1.82, 2.24) is 0 Å². The second-order valence-corrected chi connectivity index (χ2v) is 14.5. The molecule has 4 rings (SSSR count). The fourth-order valence-corrected chi connectivity index (χ4v) is 7.66. The van der Waals surface area contributed by atoms with Crippen molar-refractivity contribution in [3.63, 3.8) is 0 Å². The van der Waals surface area contributed by atoms with Gasteiger partial charge in [0.15, 0.2) is 0 Å². The molecule has 14 heteroatoms. The summed E-state index contributed by atoms with van der Waals surface area (Å²) in [5, 5.41) is 1.56. The Morgan fingerprint density at radius 2 is 0.632 bits per heavy atom. The Balaban J connectivity index is 0.000000211. The van der Waals surface area contributed by atoms with E-state index < -0.39 is 19.7 Å². The summed E-state index contributed by atoms with van der Waals surface area (Å²) in [6.07, 6.45) is 0. The van der Waals surface area contributed by atoms with Gasteiger partial charge in [0.25, 0.3) is 0 Å². The highest BCUT2D eigenvalue weighted by atomic mass is 35.5. The highest BCUT2D eigenvalue weighted by Crippen LogP contribution is 2.36. The summed E-state index contributed by atoms with van der Waals surface area (Å²) in [7, 11) is -7.52. The lowest BCUT2D eigenvalue weighted by atomic mass is 10.3. The van der Waals surface area contributed by atoms with Crippen LogP contribution in [-0.4, -0.2) is 16.8 Å². The first-order valence-electron chi connectivity index (χ1n) is 9.95. The number of rotatable bonds is 4. The van der Waals surface area contributed by atoms with Gasteiger partial charge in [0.1, 0.15) is 0 Å². The van der Waals surface area contributed by atoms with Crippen LogP contribution in [0.15, 0.2) is 92.4 Å². The molecule has 0 amide bonds. The van der Waals surface area contributed by atoms with E-state index in [0.717, 1.165) is 0 Å². The number of benzene rings is 4. The molecule has 0 unspecified atom stereocenters. The zero-order valence-electron chi connectivity index (χ0n) is 18.4. The zero-order chi connectivity index (χ0) is 28.4. The van der Waals surface area contributed by atoms with Crippen LogP contribution in [0, 0.1) is 0 Å².